The second-order valence-corrected chi connectivity index (χ2v) is 12.2. The highest BCUT2D eigenvalue weighted by Crippen LogP contribution is 2.24. The van der Waals surface area contributed by atoms with E-state index in [1.807, 2.05) is 0 Å². The summed E-state index contributed by atoms with van der Waals surface area (Å²) < 4.78 is 0. The van der Waals surface area contributed by atoms with Crippen molar-refractivity contribution in [2.24, 2.45) is 5.92 Å². The van der Waals surface area contributed by atoms with Crippen LogP contribution < -0.4 is 0 Å². The Labute approximate surface area is 229 Å². The largest absolute Gasteiger partial charge is 0.356 e. The maximum Gasteiger partial charge on any atom is 0.103 e. The van der Waals surface area contributed by atoms with Crippen molar-refractivity contribution in [1.29, 1.82) is 0 Å². The van der Waals surface area contributed by atoms with E-state index in [1.165, 1.54) is 167 Å². The molecule has 2 heteroatoms. The Morgan fingerprint density at radius 3 is 0.917 bits per heavy atom. The summed E-state index contributed by atoms with van der Waals surface area (Å²) in [5, 5.41) is 0. The highest BCUT2D eigenvalue weighted by molar-refractivity contribution is 4.98. The molecule has 0 N–H and O–H groups in total. The lowest BCUT2D eigenvalue weighted by Gasteiger charge is -2.36. The van der Waals surface area contributed by atoms with E-state index in [2.05, 4.69) is 49.9 Å². The van der Waals surface area contributed by atoms with Crippen LogP contribution in [0.25, 0.3) is 0 Å². The highest BCUT2D eigenvalue weighted by Gasteiger charge is 2.28. The van der Waals surface area contributed by atoms with Crippen LogP contribution in [0.3, 0.4) is 0 Å². The quantitative estimate of drug-likeness (QED) is 0.103. The van der Waals surface area contributed by atoms with E-state index in [1.54, 1.807) is 0 Å². The van der Waals surface area contributed by atoms with Crippen LogP contribution in [0.15, 0.2) is 12.4 Å². The van der Waals surface area contributed by atoms with Gasteiger partial charge in [-0.15, -0.1) is 0 Å². The van der Waals surface area contributed by atoms with E-state index in [9.17, 15) is 0 Å². The van der Waals surface area contributed by atoms with Crippen molar-refractivity contribution in [1.82, 2.24) is 9.80 Å². The number of hydrogen-bond acceptors (Lipinski definition) is 2. The van der Waals surface area contributed by atoms with Gasteiger partial charge < -0.3 is 9.80 Å². The van der Waals surface area contributed by atoms with Gasteiger partial charge in [-0.25, -0.2) is 0 Å². The molecule has 0 bridgehead atoms. The van der Waals surface area contributed by atoms with Crippen molar-refractivity contribution in [3.63, 3.8) is 0 Å². The van der Waals surface area contributed by atoms with Gasteiger partial charge in [0.2, 0.25) is 0 Å². The van der Waals surface area contributed by atoms with Crippen molar-refractivity contribution < 1.29 is 0 Å². The second-order valence-electron chi connectivity index (χ2n) is 12.2. The molecule has 214 valence electrons. The predicted molar refractivity (Wildman–Crippen MR) is 163 cm³/mol. The Morgan fingerprint density at radius 2 is 0.667 bits per heavy atom. The van der Waals surface area contributed by atoms with E-state index in [-0.39, 0.29) is 0 Å². The van der Waals surface area contributed by atoms with Crippen molar-refractivity contribution in [3.8, 4) is 0 Å². The van der Waals surface area contributed by atoms with Crippen LogP contribution in [0.2, 0.25) is 0 Å². The van der Waals surface area contributed by atoms with Gasteiger partial charge in [0.25, 0.3) is 0 Å². The fraction of sp³-hybridized carbons (Fsp3) is 0.941. The standard InChI is InChI=1S/C34H68N2/c1-5-7-9-11-13-14-15-16-17-18-19-20-21-22-24-26-28-30-36-32-31-35(34(36)33(3)4)29-27-25-23-12-10-8-6-2/h31-34H,5-30H2,1-4H3. The summed E-state index contributed by atoms with van der Waals surface area (Å²) in [6.07, 6.45) is 39.8. The molecule has 36 heavy (non-hydrogen) atoms. The fourth-order valence-corrected chi connectivity index (χ4v) is 5.99. The van der Waals surface area contributed by atoms with Gasteiger partial charge in [0.1, 0.15) is 6.17 Å². The minimum atomic E-state index is 0.589. The van der Waals surface area contributed by atoms with E-state index in [4.69, 9.17) is 0 Å². The summed E-state index contributed by atoms with van der Waals surface area (Å²) in [4.78, 5) is 5.27. The molecule has 1 rings (SSSR count). The third-order valence-electron chi connectivity index (χ3n) is 8.27. The molecule has 1 heterocycles. The van der Waals surface area contributed by atoms with Crippen LogP contribution >= 0.6 is 0 Å². The molecule has 0 saturated carbocycles. The Kier molecular flexibility index (Phi) is 22.9. The third-order valence-corrected chi connectivity index (χ3v) is 8.27. The number of unbranched alkanes of at least 4 members (excludes halogenated alkanes) is 22. The van der Waals surface area contributed by atoms with Crippen LogP contribution in [0, 0.1) is 5.92 Å². The molecule has 0 aromatic rings. The molecule has 0 amide bonds. The second kappa shape index (κ2) is 24.7. The average Bonchev–Trinajstić information content (AvgIpc) is 3.28. The van der Waals surface area contributed by atoms with E-state index in [0.717, 1.165) is 0 Å². The first kappa shape index (κ1) is 33.4. The number of rotatable bonds is 27. The SMILES string of the molecule is CCCCCCCCCCCCCCCCCCCN1C=CN(CCCCCCCCC)C1C(C)C. The lowest BCUT2D eigenvalue weighted by molar-refractivity contribution is 0.104. The zero-order valence-electron chi connectivity index (χ0n) is 25.6. The first-order valence-electron chi connectivity index (χ1n) is 16.9. The zero-order valence-corrected chi connectivity index (χ0v) is 25.6. The van der Waals surface area contributed by atoms with Crippen LogP contribution in [0.5, 0.6) is 0 Å². The van der Waals surface area contributed by atoms with Crippen LogP contribution in [0.1, 0.15) is 182 Å². The maximum atomic E-state index is 2.64. The summed E-state index contributed by atoms with van der Waals surface area (Å²) >= 11 is 0. The highest BCUT2D eigenvalue weighted by atomic mass is 15.4. The summed E-state index contributed by atoms with van der Waals surface area (Å²) in [5.41, 5.74) is 0. The summed E-state index contributed by atoms with van der Waals surface area (Å²) in [5.74, 6) is 0.690. The molecule has 0 spiro atoms. The van der Waals surface area contributed by atoms with E-state index < -0.39 is 0 Å². The summed E-state index contributed by atoms with van der Waals surface area (Å²) in [6.45, 7) is 11.9. The normalized spacial score (nSPS) is 15.6. The number of nitrogens with zero attached hydrogens (tertiary/aromatic N) is 2. The molecule has 0 aliphatic carbocycles. The monoisotopic (exact) mass is 505 g/mol. The van der Waals surface area contributed by atoms with Gasteiger partial charge >= 0.3 is 0 Å². The van der Waals surface area contributed by atoms with Crippen LogP contribution in [-0.2, 0) is 0 Å². The molecule has 1 atom stereocenters. The van der Waals surface area contributed by atoms with Crippen LogP contribution in [-0.4, -0.2) is 29.1 Å². The van der Waals surface area contributed by atoms with Crippen molar-refractivity contribution in [2.75, 3.05) is 13.1 Å². The molecule has 0 aromatic carbocycles. The molecule has 0 aromatic heterocycles. The van der Waals surface area contributed by atoms with Crippen LogP contribution in [0.4, 0.5) is 0 Å². The minimum Gasteiger partial charge on any atom is -0.356 e. The fourth-order valence-electron chi connectivity index (χ4n) is 5.99. The van der Waals surface area contributed by atoms with Gasteiger partial charge in [-0.1, -0.05) is 169 Å². The molecule has 1 aliphatic rings. The summed E-state index contributed by atoms with van der Waals surface area (Å²) in [7, 11) is 0. The smallest absolute Gasteiger partial charge is 0.103 e. The molecule has 1 aliphatic heterocycles. The Balaban J connectivity index is 1.94. The van der Waals surface area contributed by atoms with Gasteiger partial charge in [0, 0.05) is 25.5 Å². The van der Waals surface area contributed by atoms with E-state index >= 15 is 0 Å². The Hall–Kier alpha value is -0.660. The third kappa shape index (κ3) is 17.7. The van der Waals surface area contributed by atoms with Gasteiger partial charge in [0.05, 0.1) is 0 Å². The molecular weight excluding hydrogens is 436 g/mol. The topological polar surface area (TPSA) is 6.48 Å². The average molecular weight is 505 g/mol. The molecule has 0 fully saturated rings. The van der Waals surface area contributed by atoms with Gasteiger partial charge in [0.15, 0.2) is 0 Å². The van der Waals surface area contributed by atoms with E-state index in [0.29, 0.717) is 12.1 Å². The molecule has 0 radical (unpaired) electrons. The van der Waals surface area contributed by atoms with Gasteiger partial charge in [-0.3, -0.25) is 0 Å². The number of hydrogen-bond donors (Lipinski definition) is 0. The van der Waals surface area contributed by atoms with Crippen molar-refractivity contribution in [3.05, 3.63) is 12.4 Å². The summed E-state index contributed by atoms with van der Waals surface area (Å²) in [6, 6.07) is 0. The molecule has 1 unspecified atom stereocenters. The molecule has 0 saturated heterocycles. The Bertz CT molecular complexity index is 472. The van der Waals surface area contributed by atoms with Gasteiger partial charge in [-0.2, -0.15) is 0 Å². The minimum absolute atomic E-state index is 0.589. The first-order valence-corrected chi connectivity index (χ1v) is 16.9. The van der Waals surface area contributed by atoms with Crippen molar-refractivity contribution >= 4 is 0 Å². The van der Waals surface area contributed by atoms with Crippen molar-refractivity contribution in [2.45, 2.75) is 188 Å². The van der Waals surface area contributed by atoms with Gasteiger partial charge in [-0.05, 0) is 18.8 Å². The maximum absolute atomic E-state index is 2.64. The first-order chi connectivity index (χ1) is 17.7. The Morgan fingerprint density at radius 1 is 0.417 bits per heavy atom. The molecular formula is C34H68N2. The molecule has 2 nitrogen and oxygen atoms in total. The lowest BCUT2D eigenvalue weighted by Crippen LogP contribution is -2.43. The predicted octanol–water partition coefficient (Wildman–Crippen LogP) is 11.5. The lowest BCUT2D eigenvalue weighted by atomic mass is 10.0. The zero-order chi connectivity index (χ0) is 26.1.